The summed E-state index contributed by atoms with van der Waals surface area (Å²) in [5.74, 6) is 0.0945. The second-order valence-corrected chi connectivity index (χ2v) is 6.40. The Hall–Kier alpha value is -2.15. The van der Waals surface area contributed by atoms with Crippen LogP contribution in [0.3, 0.4) is 0 Å². The van der Waals surface area contributed by atoms with Gasteiger partial charge in [-0.05, 0) is 38.0 Å². The Kier molecular flexibility index (Phi) is 4.76. The first-order valence-electron chi connectivity index (χ1n) is 7.65. The van der Waals surface area contributed by atoms with Crippen molar-refractivity contribution in [1.82, 2.24) is 4.98 Å². The number of aromatic nitrogens is 1. The number of esters is 1. The lowest BCUT2D eigenvalue weighted by Crippen LogP contribution is -2.28. The predicted molar refractivity (Wildman–Crippen MR) is 87.7 cm³/mol. The molecule has 0 spiro atoms. The molecule has 0 aliphatic heterocycles. The molecule has 1 amide bonds. The molecule has 1 aromatic heterocycles. The molecule has 1 fully saturated rings. The normalized spacial score (nSPS) is 14.3. The van der Waals surface area contributed by atoms with Gasteiger partial charge >= 0.3 is 5.97 Å². The van der Waals surface area contributed by atoms with Crippen LogP contribution in [0.2, 0.25) is 0 Å². The number of nitrogens with one attached hydrogen (secondary N) is 1. The molecule has 0 atom stereocenters. The lowest BCUT2D eigenvalue weighted by Gasteiger charge is -2.22. The van der Waals surface area contributed by atoms with Gasteiger partial charge in [0, 0.05) is 0 Å². The summed E-state index contributed by atoms with van der Waals surface area (Å²) in [5, 5.41) is 3.15. The zero-order valence-electron chi connectivity index (χ0n) is 12.8. The quantitative estimate of drug-likeness (QED) is 0.822. The molecule has 1 N–H and O–H groups in total. The van der Waals surface area contributed by atoms with Crippen LogP contribution in [0.15, 0.2) is 18.2 Å². The molecule has 3 rings (SSSR count). The van der Waals surface area contributed by atoms with E-state index in [9.17, 15) is 9.59 Å². The molecule has 1 aliphatic rings. The summed E-state index contributed by atoms with van der Waals surface area (Å²) in [4.78, 5) is 27.8. The third-order valence-electron chi connectivity index (χ3n) is 3.70. The summed E-state index contributed by atoms with van der Waals surface area (Å²) >= 11 is 1.36. The van der Waals surface area contributed by atoms with Crippen LogP contribution in [0.1, 0.15) is 26.2 Å². The fourth-order valence-electron chi connectivity index (χ4n) is 2.27. The number of carbonyl (C=O) groups is 2. The number of ether oxygens (including phenoxy) is 2. The molecule has 1 aliphatic carbocycles. The van der Waals surface area contributed by atoms with Gasteiger partial charge in [-0.3, -0.25) is 14.9 Å². The van der Waals surface area contributed by atoms with Gasteiger partial charge in [0.1, 0.15) is 5.75 Å². The molecule has 0 unspecified atom stereocenters. The van der Waals surface area contributed by atoms with Crippen LogP contribution < -0.4 is 10.1 Å². The third-order valence-corrected chi connectivity index (χ3v) is 4.63. The zero-order chi connectivity index (χ0) is 16.2. The van der Waals surface area contributed by atoms with Crippen molar-refractivity contribution in [1.29, 1.82) is 0 Å². The van der Waals surface area contributed by atoms with Crippen molar-refractivity contribution in [2.75, 3.05) is 18.5 Å². The molecule has 122 valence electrons. The lowest BCUT2D eigenvalue weighted by molar-refractivity contribution is -0.154. The molecule has 0 radical (unpaired) electrons. The number of amides is 1. The first-order valence-corrected chi connectivity index (χ1v) is 8.47. The van der Waals surface area contributed by atoms with E-state index >= 15 is 0 Å². The van der Waals surface area contributed by atoms with E-state index in [1.165, 1.54) is 11.3 Å². The molecule has 7 heteroatoms. The first-order chi connectivity index (χ1) is 11.2. The Labute approximate surface area is 137 Å². The smallest absolute Gasteiger partial charge is 0.309 e. The molecular weight excluding hydrogens is 316 g/mol. The highest BCUT2D eigenvalue weighted by Crippen LogP contribution is 2.29. The first kappa shape index (κ1) is 15.7. The fraction of sp³-hybridized carbons (Fsp3) is 0.438. The minimum absolute atomic E-state index is 0.0257. The molecule has 6 nitrogen and oxygen atoms in total. The van der Waals surface area contributed by atoms with Crippen molar-refractivity contribution in [3.8, 4) is 5.75 Å². The van der Waals surface area contributed by atoms with Crippen LogP contribution >= 0.6 is 11.3 Å². The highest BCUT2D eigenvalue weighted by molar-refractivity contribution is 7.22. The van der Waals surface area contributed by atoms with Crippen molar-refractivity contribution in [2.45, 2.75) is 26.2 Å². The summed E-state index contributed by atoms with van der Waals surface area (Å²) in [6.45, 7) is 2.25. The second-order valence-electron chi connectivity index (χ2n) is 5.37. The summed E-state index contributed by atoms with van der Waals surface area (Å²) < 4.78 is 11.4. The highest BCUT2D eigenvalue weighted by Gasteiger charge is 2.27. The van der Waals surface area contributed by atoms with Gasteiger partial charge in [0.25, 0.3) is 5.91 Å². The molecule has 1 aromatic carbocycles. The minimum Gasteiger partial charge on any atom is -0.494 e. The minimum atomic E-state index is -0.373. The van der Waals surface area contributed by atoms with Crippen LogP contribution in [0.4, 0.5) is 5.13 Å². The van der Waals surface area contributed by atoms with Crippen LogP contribution in [-0.4, -0.2) is 30.1 Å². The Morgan fingerprint density at radius 1 is 1.39 bits per heavy atom. The van der Waals surface area contributed by atoms with Gasteiger partial charge in [0.15, 0.2) is 11.7 Å². The van der Waals surface area contributed by atoms with Crippen molar-refractivity contribution >= 4 is 38.6 Å². The number of rotatable bonds is 6. The monoisotopic (exact) mass is 334 g/mol. The Morgan fingerprint density at radius 2 is 2.22 bits per heavy atom. The standard InChI is InChI=1S/C16H18N2O4S/c1-2-21-11-6-7-12-13(8-11)23-16(17-12)18-14(19)9-22-15(20)10-4-3-5-10/h6-8,10H,2-5,9H2,1H3,(H,17,18,19). The largest absolute Gasteiger partial charge is 0.494 e. The molecule has 0 bridgehead atoms. The number of benzene rings is 1. The van der Waals surface area contributed by atoms with E-state index in [-0.39, 0.29) is 24.4 Å². The summed E-state index contributed by atoms with van der Waals surface area (Å²) in [5.41, 5.74) is 0.792. The van der Waals surface area contributed by atoms with Gasteiger partial charge in [0.2, 0.25) is 0 Å². The topological polar surface area (TPSA) is 77.5 Å². The average Bonchev–Trinajstić information content (AvgIpc) is 2.85. The van der Waals surface area contributed by atoms with E-state index in [0.717, 1.165) is 35.2 Å². The third kappa shape index (κ3) is 3.79. The number of hydrogen-bond donors (Lipinski definition) is 1. The maximum absolute atomic E-state index is 11.8. The Bertz CT molecular complexity index is 724. The van der Waals surface area contributed by atoms with Crippen LogP contribution in [-0.2, 0) is 14.3 Å². The van der Waals surface area contributed by atoms with E-state index in [1.807, 2.05) is 25.1 Å². The maximum atomic E-state index is 11.8. The summed E-state index contributed by atoms with van der Waals surface area (Å²) in [7, 11) is 0. The molecule has 23 heavy (non-hydrogen) atoms. The zero-order valence-corrected chi connectivity index (χ0v) is 13.6. The molecular formula is C16H18N2O4S. The van der Waals surface area contributed by atoms with E-state index in [0.29, 0.717) is 11.7 Å². The summed E-state index contributed by atoms with van der Waals surface area (Å²) in [6, 6.07) is 5.59. The van der Waals surface area contributed by atoms with Crippen molar-refractivity contribution < 1.29 is 19.1 Å². The molecule has 1 saturated carbocycles. The number of carbonyl (C=O) groups excluding carboxylic acids is 2. The fourth-order valence-corrected chi connectivity index (χ4v) is 3.18. The van der Waals surface area contributed by atoms with Crippen molar-refractivity contribution in [3.05, 3.63) is 18.2 Å². The maximum Gasteiger partial charge on any atom is 0.309 e. The van der Waals surface area contributed by atoms with Crippen LogP contribution in [0.25, 0.3) is 10.2 Å². The van der Waals surface area contributed by atoms with E-state index in [4.69, 9.17) is 9.47 Å². The molecule has 0 saturated heterocycles. The number of hydrogen-bond acceptors (Lipinski definition) is 6. The van der Waals surface area contributed by atoms with Gasteiger partial charge in [-0.2, -0.15) is 0 Å². The lowest BCUT2D eigenvalue weighted by atomic mass is 9.86. The van der Waals surface area contributed by atoms with Gasteiger partial charge in [-0.25, -0.2) is 4.98 Å². The van der Waals surface area contributed by atoms with Gasteiger partial charge in [-0.15, -0.1) is 0 Å². The van der Waals surface area contributed by atoms with Crippen molar-refractivity contribution in [3.63, 3.8) is 0 Å². The highest BCUT2D eigenvalue weighted by atomic mass is 32.1. The van der Waals surface area contributed by atoms with Crippen LogP contribution in [0, 0.1) is 5.92 Å². The molecule has 2 aromatic rings. The Balaban J connectivity index is 1.57. The van der Waals surface area contributed by atoms with Crippen LogP contribution in [0.5, 0.6) is 5.75 Å². The summed E-state index contributed by atoms with van der Waals surface area (Å²) in [6.07, 6.45) is 2.78. The SMILES string of the molecule is CCOc1ccc2nc(NC(=O)COC(=O)C3CCC3)sc2c1. The number of fused-ring (bicyclic) bond motifs is 1. The molecule has 1 heterocycles. The van der Waals surface area contributed by atoms with Crippen molar-refractivity contribution in [2.24, 2.45) is 5.92 Å². The van der Waals surface area contributed by atoms with E-state index in [2.05, 4.69) is 10.3 Å². The second kappa shape index (κ2) is 6.95. The van der Waals surface area contributed by atoms with E-state index < -0.39 is 0 Å². The van der Waals surface area contributed by atoms with Gasteiger partial charge < -0.3 is 9.47 Å². The van der Waals surface area contributed by atoms with Gasteiger partial charge in [-0.1, -0.05) is 17.8 Å². The predicted octanol–water partition coefficient (Wildman–Crippen LogP) is 2.98. The number of nitrogens with zero attached hydrogens (tertiary/aromatic N) is 1. The average molecular weight is 334 g/mol. The van der Waals surface area contributed by atoms with Gasteiger partial charge in [0.05, 0.1) is 22.7 Å². The van der Waals surface area contributed by atoms with E-state index in [1.54, 1.807) is 0 Å². The number of anilines is 1. The Morgan fingerprint density at radius 3 is 2.91 bits per heavy atom. The number of thiazole rings is 1.